The summed E-state index contributed by atoms with van der Waals surface area (Å²) in [6.07, 6.45) is 2.75. The molecule has 0 aliphatic rings. The third-order valence-electron chi connectivity index (χ3n) is 3.25. The predicted molar refractivity (Wildman–Crippen MR) is 106 cm³/mol. The van der Waals surface area contributed by atoms with Crippen LogP contribution in [0.3, 0.4) is 0 Å². The van der Waals surface area contributed by atoms with E-state index in [4.69, 9.17) is 9.47 Å². The maximum Gasteiger partial charge on any atom is 0.331 e. The van der Waals surface area contributed by atoms with Gasteiger partial charge in [-0.1, -0.05) is 15.9 Å². The van der Waals surface area contributed by atoms with Gasteiger partial charge in [0.15, 0.2) is 6.61 Å². The van der Waals surface area contributed by atoms with Crippen molar-refractivity contribution in [3.8, 4) is 5.75 Å². The molecule has 27 heavy (non-hydrogen) atoms. The Bertz CT molecular complexity index is 725. The van der Waals surface area contributed by atoms with Gasteiger partial charge < -0.3 is 19.7 Å². The van der Waals surface area contributed by atoms with E-state index >= 15 is 0 Å². The summed E-state index contributed by atoms with van der Waals surface area (Å²) in [7, 11) is 3.00. The lowest BCUT2D eigenvalue weighted by Crippen LogP contribution is -2.46. The lowest BCUT2D eigenvalue weighted by molar-refractivity contribution is -0.148. The molecule has 0 heterocycles. The van der Waals surface area contributed by atoms with Crippen LogP contribution in [0.1, 0.15) is 26.3 Å². The van der Waals surface area contributed by atoms with Crippen molar-refractivity contribution in [2.45, 2.75) is 26.3 Å². The molecule has 0 spiro atoms. The van der Waals surface area contributed by atoms with Crippen molar-refractivity contribution in [1.82, 2.24) is 10.2 Å². The summed E-state index contributed by atoms with van der Waals surface area (Å²) in [5.41, 5.74) is 0.303. The third-order valence-corrected chi connectivity index (χ3v) is 3.74. The largest absolute Gasteiger partial charge is 0.496 e. The number of carbonyl (C=O) groups is 3. The number of likely N-dealkylation sites (N-methyl/N-ethyl adjacent to an activating group) is 1. The molecule has 0 aliphatic heterocycles. The Kier molecular flexibility index (Phi) is 8.49. The third kappa shape index (κ3) is 8.72. The normalized spacial score (nSPS) is 11.2. The molecule has 1 rings (SSSR count). The van der Waals surface area contributed by atoms with Crippen LogP contribution in [0.25, 0.3) is 6.08 Å². The Labute approximate surface area is 167 Å². The van der Waals surface area contributed by atoms with Gasteiger partial charge in [-0.15, -0.1) is 0 Å². The van der Waals surface area contributed by atoms with Crippen molar-refractivity contribution in [2.24, 2.45) is 0 Å². The quantitative estimate of drug-likeness (QED) is 0.519. The van der Waals surface area contributed by atoms with Crippen LogP contribution in [0.2, 0.25) is 0 Å². The number of benzene rings is 1. The van der Waals surface area contributed by atoms with Crippen LogP contribution in [0.15, 0.2) is 28.7 Å². The number of carbonyl (C=O) groups excluding carboxylic acids is 3. The highest BCUT2D eigenvalue weighted by Gasteiger charge is 2.18. The van der Waals surface area contributed by atoms with E-state index in [2.05, 4.69) is 21.2 Å². The van der Waals surface area contributed by atoms with Crippen LogP contribution in [0.4, 0.5) is 0 Å². The second-order valence-corrected chi connectivity index (χ2v) is 7.79. The summed E-state index contributed by atoms with van der Waals surface area (Å²) in [5, 5.41) is 2.76. The predicted octanol–water partition coefficient (Wildman–Crippen LogP) is 2.39. The van der Waals surface area contributed by atoms with Gasteiger partial charge in [0.2, 0.25) is 5.91 Å². The van der Waals surface area contributed by atoms with Crippen LogP contribution in [-0.2, 0) is 19.1 Å². The van der Waals surface area contributed by atoms with Gasteiger partial charge >= 0.3 is 5.97 Å². The molecule has 1 aromatic carbocycles. The van der Waals surface area contributed by atoms with Gasteiger partial charge in [0, 0.05) is 28.7 Å². The average Bonchev–Trinajstić information content (AvgIpc) is 2.56. The number of nitrogens with one attached hydrogen (secondary N) is 1. The number of halogens is 1. The summed E-state index contributed by atoms with van der Waals surface area (Å²) in [4.78, 5) is 36.8. The zero-order chi connectivity index (χ0) is 20.6. The standard InChI is InChI=1S/C19H25BrN2O5/c1-19(2,3)21-16(23)11-22(4)17(24)12-27-18(25)9-6-13-10-14(20)7-8-15(13)26-5/h6-10H,11-12H2,1-5H3,(H,21,23)/b9-6+. The Morgan fingerprint density at radius 2 is 1.93 bits per heavy atom. The smallest absolute Gasteiger partial charge is 0.331 e. The van der Waals surface area contributed by atoms with Crippen molar-refractivity contribution >= 4 is 39.8 Å². The molecule has 148 valence electrons. The van der Waals surface area contributed by atoms with Crippen LogP contribution in [0.5, 0.6) is 5.75 Å². The number of esters is 1. The highest BCUT2D eigenvalue weighted by atomic mass is 79.9. The van der Waals surface area contributed by atoms with E-state index in [0.717, 1.165) is 4.47 Å². The van der Waals surface area contributed by atoms with Crippen LogP contribution in [0, 0.1) is 0 Å². The molecule has 1 N–H and O–H groups in total. The number of hydrogen-bond donors (Lipinski definition) is 1. The minimum atomic E-state index is -0.669. The number of nitrogens with zero attached hydrogens (tertiary/aromatic N) is 1. The monoisotopic (exact) mass is 440 g/mol. The second kappa shape index (κ2) is 10.1. The molecular weight excluding hydrogens is 416 g/mol. The molecule has 0 aliphatic carbocycles. The summed E-state index contributed by atoms with van der Waals surface area (Å²) < 4.78 is 11.0. The number of rotatable bonds is 7. The minimum Gasteiger partial charge on any atom is -0.496 e. The van der Waals surface area contributed by atoms with Gasteiger partial charge in [-0.3, -0.25) is 9.59 Å². The summed E-state index contributed by atoms with van der Waals surface area (Å²) in [5.74, 6) is -0.826. The average molecular weight is 441 g/mol. The molecule has 0 saturated heterocycles. The van der Waals surface area contributed by atoms with Gasteiger partial charge in [0.1, 0.15) is 5.75 Å². The first-order chi connectivity index (χ1) is 12.5. The molecule has 0 bridgehead atoms. The van der Waals surface area contributed by atoms with E-state index in [-0.39, 0.29) is 18.0 Å². The van der Waals surface area contributed by atoms with E-state index in [1.54, 1.807) is 12.1 Å². The minimum absolute atomic E-state index is 0.112. The first-order valence-corrected chi connectivity index (χ1v) is 9.04. The van der Waals surface area contributed by atoms with E-state index in [0.29, 0.717) is 11.3 Å². The maximum atomic E-state index is 12.0. The van der Waals surface area contributed by atoms with Crippen molar-refractivity contribution in [3.05, 3.63) is 34.3 Å². The van der Waals surface area contributed by atoms with Crippen molar-refractivity contribution in [2.75, 3.05) is 27.3 Å². The molecule has 8 heteroatoms. The molecular formula is C19H25BrN2O5. The molecule has 2 amide bonds. The lowest BCUT2D eigenvalue weighted by Gasteiger charge is -2.23. The van der Waals surface area contributed by atoms with Crippen LogP contribution >= 0.6 is 15.9 Å². The van der Waals surface area contributed by atoms with Crippen molar-refractivity contribution < 1.29 is 23.9 Å². The van der Waals surface area contributed by atoms with Crippen molar-refractivity contribution in [1.29, 1.82) is 0 Å². The number of ether oxygens (including phenoxy) is 2. The van der Waals surface area contributed by atoms with Gasteiger partial charge in [0.05, 0.1) is 13.7 Å². The molecule has 7 nitrogen and oxygen atoms in total. The maximum absolute atomic E-state index is 12.0. The fourth-order valence-corrected chi connectivity index (χ4v) is 2.42. The van der Waals surface area contributed by atoms with E-state index < -0.39 is 18.5 Å². The van der Waals surface area contributed by atoms with E-state index in [1.807, 2.05) is 26.8 Å². The zero-order valence-electron chi connectivity index (χ0n) is 16.2. The van der Waals surface area contributed by atoms with Gasteiger partial charge in [-0.2, -0.15) is 0 Å². The van der Waals surface area contributed by atoms with E-state index in [9.17, 15) is 14.4 Å². The molecule has 0 atom stereocenters. The number of methoxy groups -OCH3 is 1. The first-order valence-electron chi connectivity index (χ1n) is 8.25. The molecule has 0 unspecified atom stereocenters. The zero-order valence-corrected chi connectivity index (χ0v) is 17.8. The Balaban J connectivity index is 2.53. The molecule has 0 radical (unpaired) electrons. The molecule has 0 aromatic heterocycles. The second-order valence-electron chi connectivity index (χ2n) is 6.88. The lowest BCUT2D eigenvalue weighted by atomic mass is 10.1. The highest BCUT2D eigenvalue weighted by molar-refractivity contribution is 9.10. The van der Waals surface area contributed by atoms with Crippen LogP contribution < -0.4 is 10.1 Å². The fraction of sp³-hybridized carbons (Fsp3) is 0.421. The fourth-order valence-electron chi connectivity index (χ4n) is 2.05. The van der Waals surface area contributed by atoms with Gasteiger partial charge in [0.25, 0.3) is 5.91 Å². The SMILES string of the molecule is COc1ccc(Br)cc1/C=C/C(=O)OCC(=O)N(C)CC(=O)NC(C)(C)C. The number of hydrogen-bond acceptors (Lipinski definition) is 5. The molecule has 1 aromatic rings. The Morgan fingerprint density at radius 3 is 2.52 bits per heavy atom. The van der Waals surface area contributed by atoms with E-state index in [1.165, 1.54) is 31.2 Å². The highest BCUT2D eigenvalue weighted by Crippen LogP contribution is 2.24. The molecule has 0 saturated carbocycles. The van der Waals surface area contributed by atoms with Gasteiger partial charge in [-0.25, -0.2) is 4.79 Å². The summed E-state index contributed by atoms with van der Waals surface area (Å²) in [6.45, 7) is 4.99. The summed E-state index contributed by atoms with van der Waals surface area (Å²) in [6, 6.07) is 5.37. The topological polar surface area (TPSA) is 84.9 Å². The summed E-state index contributed by atoms with van der Waals surface area (Å²) >= 11 is 3.35. The number of amides is 2. The molecule has 0 fully saturated rings. The Hall–Kier alpha value is -2.35. The first kappa shape index (κ1) is 22.7. The Morgan fingerprint density at radius 1 is 1.26 bits per heavy atom. The van der Waals surface area contributed by atoms with Crippen LogP contribution in [-0.4, -0.2) is 55.5 Å². The van der Waals surface area contributed by atoms with Gasteiger partial charge in [-0.05, 0) is 45.0 Å². The van der Waals surface area contributed by atoms with Crippen molar-refractivity contribution in [3.63, 3.8) is 0 Å².